The van der Waals surface area contributed by atoms with Crippen molar-refractivity contribution < 1.29 is 31.1 Å². The second-order valence-corrected chi connectivity index (χ2v) is 9.36. The number of rotatable bonds is 6. The van der Waals surface area contributed by atoms with Gasteiger partial charge in [0, 0.05) is 26.1 Å². The van der Waals surface area contributed by atoms with Gasteiger partial charge in [-0.25, -0.2) is 0 Å². The summed E-state index contributed by atoms with van der Waals surface area (Å²) in [6.45, 7) is -0.00434. The first-order valence-corrected chi connectivity index (χ1v) is 11.9. The standard InChI is InChI=1S/C26H29F6N3O/c1-33-23(34-2)20-15-24(17-6-4-3-5-7-17)22(9-8-21(20)35-24)36-11-10-16-12-18(25(27,28)29)14-19(13-16)26(30,31)32/h3-7,12-14,20-22,35H,8-11,15H2,1-2H3,(H,33,34)/t20-,21+,22-,24-/m0/s1. The van der Waals surface area contributed by atoms with Gasteiger partial charge in [0.1, 0.15) is 5.84 Å². The molecule has 0 aliphatic carbocycles. The number of hydrogen-bond donors (Lipinski definition) is 2. The maximum Gasteiger partial charge on any atom is 0.416 e. The summed E-state index contributed by atoms with van der Waals surface area (Å²) in [4.78, 5) is 4.40. The zero-order valence-electron chi connectivity index (χ0n) is 20.0. The van der Waals surface area contributed by atoms with E-state index in [0.717, 1.165) is 30.0 Å². The lowest BCUT2D eigenvalue weighted by atomic mass is 9.80. The molecule has 2 bridgehead atoms. The number of nitrogens with one attached hydrogen (secondary N) is 2. The largest absolute Gasteiger partial charge is 0.416 e. The van der Waals surface area contributed by atoms with Gasteiger partial charge in [-0.15, -0.1) is 0 Å². The van der Waals surface area contributed by atoms with Crippen molar-refractivity contribution in [2.24, 2.45) is 10.9 Å². The topological polar surface area (TPSA) is 45.7 Å². The molecule has 0 spiro atoms. The number of nitrogens with zero attached hydrogens (tertiary/aromatic N) is 1. The van der Waals surface area contributed by atoms with E-state index in [1.165, 1.54) is 0 Å². The van der Waals surface area contributed by atoms with E-state index in [2.05, 4.69) is 15.6 Å². The van der Waals surface area contributed by atoms with E-state index in [-0.39, 0.29) is 42.7 Å². The van der Waals surface area contributed by atoms with Gasteiger partial charge in [-0.1, -0.05) is 30.3 Å². The summed E-state index contributed by atoms with van der Waals surface area (Å²) in [5.74, 6) is 1.02. The molecule has 2 fully saturated rings. The van der Waals surface area contributed by atoms with Crippen molar-refractivity contribution in [3.05, 3.63) is 70.8 Å². The van der Waals surface area contributed by atoms with Gasteiger partial charge < -0.3 is 15.4 Å². The number of hydrogen-bond acceptors (Lipinski definition) is 3. The highest BCUT2D eigenvalue weighted by Crippen LogP contribution is 2.47. The number of aliphatic imine (C=N–C) groups is 1. The van der Waals surface area contributed by atoms with E-state index in [0.29, 0.717) is 12.8 Å². The van der Waals surface area contributed by atoms with Crippen LogP contribution in [0.4, 0.5) is 26.3 Å². The third-order valence-corrected chi connectivity index (χ3v) is 7.25. The van der Waals surface area contributed by atoms with Crippen LogP contribution in [0.25, 0.3) is 0 Å². The molecule has 0 unspecified atom stereocenters. The van der Waals surface area contributed by atoms with Crippen LogP contribution in [0, 0.1) is 5.92 Å². The van der Waals surface area contributed by atoms with Crippen LogP contribution in [-0.4, -0.2) is 38.7 Å². The Labute approximate surface area is 206 Å². The molecule has 0 amide bonds. The molecule has 4 atom stereocenters. The molecule has 196 valence electrons. The number of benzene rings is 2. The molecular weight excluding hydrogens is 484 g/mol. The minimum Gasteiger partial charge on any atom is -0.377 e. The highest BCUT2D eigenvalue weighted by atomic mass is 19.4. The molecule has 2 saturated heterocycles. The predicted octanol–water partition coefficient (Wildman–Crippen LogP) is 5.57. The Bertz CT molecular complexity index is 1050. The fraction of sp³-hybridized carbons (Fsp3) is 0.500. The quantitative estimate of drug-likeness (QED) is 0.302. The summed E-state index contributed by atoms with van der Waals surface area (Å²) >= 11 is 0. The van der Waals surface area contributed by atoms with E-state index in [4.69, 9.17) is 4.74 Å². The summed E-state index contributed by atoms with van der Waals surface area (Å²) in [6.07, 6.45) is -7.89. The molecule has 2 aromatic rings. The molecule has 2 aliphatic rings. The summed E-state index contributed by atoms with van der Waals surface area (Å²) in [6, 6.07) is 11.7. The summed E-state index contributed by atoms with van der Waals surface area (Å²) < 4.78 is 85.6. The van der Waals surface area contributed by atoms with Crippen molar-refractivity contribution in [2.75, 3.05) is 20.7 Å². The minimum atomic E-state index is -4.87. The predicted molar refractivity (Wildman–Crippen MR) is 125 cm³/mol. The van der Waals surface area contributed by atoms with Gasteiger partial charge in [-0.3, -0.25) is 4.99 Å². The van der Waals surface area contributed by atoms with Crippen LogP contribution in [-0.2, 0) is 29.0 Å². The third kappa shape index (κ3) is 5.25. The average Bonchev–Trinajstić information content (AvgIpc) is 3.15. The van der Waals surface area contributed by atoms with E-state index in [1.807, 2.05) is 37.4 Å². The molecule has 10 heteroatoms. The van der Waals surface area contributed by atoms with Crippen LogP contribution in [0.1, 0.15) is 41.5 Å². The van der Waals surface area contributed by atoms with Gasteiger partial charge in [0.05, 0.1) is 29.4 Å². The molecule has 2 N–H and O–H groups in total. The molecule has 4 rings (SSSR count). The third-order valence-electron chi connectivity index (χ3n) is 7.25. The number of piperidine rings is 1. The Morgan fingerprint density at radius 2 is 1.67 bits per heavy atom. The van der Waals surface area contributed by atoms with Crippen LogP contribution in [0.15, 0.2) is 53.5 Å². The highest BCUT2D eigenvalue weighted by Gasteiger charge is 2.55. The van der Waals surface area contributed by atoms with Crippen molar-refractivity contribution in [1.82, 2.24) is 10.6 Å². The number of fused-ring (bicyclic) bond motifs is 2. The first-order valence-electron chi connectivity index (χ1n) is 11.9. The van der Waals surface area contributed by atoms with Gasteiger partial charge in [0.25, 0.3) is 0 Å². The second kappa shape index (κ2) is 10.0. The molecular formula is C26H29F6N3O. The van der Waals surface area contributed by atoms with Crippen LogP contribution >= 0.6 is 0 Å². The normalized spacial score (nSPS) is 26.8. The Balaban J connectivity index is 1.56. The molecule has 0 saturated carbocycles. The van der Waals surface area contributed by atoms with E-state index in [9.17, 15) is 26.3 Å². The first kappa shape index (κ1) is 26.5. The van der Waals surface area contributed by atoms with Gasteiger partial charge in [0.15, 0.2) is 0 Å². The second-order valence-electron chi connectivity index (χ2n) is 9.36. The van der Waals surface area contributed by atoms with E-state index < -0.39 is 29.0 Å². The molecule has 2 heterocycles. The number of alkyl halides is 6. The van der Waals surface area contributed by atoms with Gasteiger partial charge in [-0.05, 0) is 55.0 Å². The first-order chi connectivity index (χ1) is 17.0. The van der Waals surface area contributed by atoms with Gasteiger partial charge >= 0.3 is 12.4 Å². The lowest BCUT2D eigenvalue weighted by Crippen LogP contribution is -2.54. The number of halogens is 6. The average molecular weight is 514 g/mol. The maximum atomic E-state index is 13.2. The van der Waals surface area contributed by atoms with Crippen molar-refractivity contribution in [3.63, 3.8) is 0 Å². The van der Waals surface area contributed by atoms with Crippen LogP contribution < -0.4 is 10.6 Å². The van der Waals surface area contributed by atoms with E-state index >= 15 is 0 Å². The lowest BCUT2D eigenvalue weighted by molar-refractivity contribution is -0.143. The van der Waals surface area contributed by atoms with Crippen LogP contribution in [0.2, 0.25) is 0 Å². The Morgan fingerprint density at radius 1 is 1.03 bits per heavy atom. The van der Waals surface area contributed by atoms with Crippen molar-refractivity contribution in [1.29, 1.82) is 0 Å². The van der Waals surface area contributed by atoms with E-state index in [1.54, 1.807) is 7.05 Å². The smallest absolute Gasteiger partial charge is 0.377 e. The fourth-order valence-corrected chi connectivity index (χ4v) is 5.64. The molecule has 2 aromatic carbocycles. The van der Waals surface area contributed by atoms with Crippen LogP contribution in [0.3, 0.4) is 0 Å². The van der Waals surface area contributed by atoms with Crippen LogP contribution in [0.5, 0.6) is 0 Å². The van der Waals surface area contributed by atoms with Gasteiger partial charge in [-0.2, -0.15) is 26.3 Å². The van der Waals surface area contributed by atoms with Crippen molar-refractivity contribution in [2.45, 2.75) is 55.7 Å². The molecule has 36 heavy (non-hydrogen) atoms. The Kier molecular flexibility index (Phi) is 7.39. The molecule has 0 aromatic heterocycles. The summed E-state index contributed by atoms with van der Waals surface area (Å²) in [7, 11) is 3.57. The number of ether oxygens (including phenoxy) is 1. The van der Waals surface area contributed by atoms with Crippen molar-refractivity contribution >= 4 is 5.84 Å². The minimum absolute atomic E-state index is 0.00434. The number of amidine groups is 1. The van der Waals surface area contributed by atoms with Crippen molar-refractivity contribution in [3.8, 4) is 0 Å². The monoisotopic (exact) mass is 513 g/mol. The molecule has 2 aliphatic heterocycles. The Hall–Kier alpha value is -2.59. The zero-order chi connectivity index (χ0) is 26.1. The lowest BCUT2D eigenvalue weighted by Gasteiger charge is -2.42. The maximum absolute atomic E-state index is 13.2. The SMILES string of the molecule is CN=C(NC)[C@H]1C[C@@]2(c3ccccc3)N[C@@H]1CC[C@@H]2OCCc1cc(C(F)(F)F)cc(C(F)(F)F)c1. The molecule has 0 radical (unpaired) electrons. The highest BCUT2D eigenvalue weighted by molar-refractivity contribution is 5.85. The summed E-state index contributed by atoms with van der Waals surface area (Å²) in [5.41, 5.74) is -2.19. The fourth-order valence-electron chi connectivity index (χ4n) is 5.64. The zero-order valence-corrected chi connectivity index (χ0v) is 20.0. The Morgan fingerprint density at radius 3 is 2.22 bits per heavy atom. The van der Waals surface area contributed by atoms with Gasteiger partial charge in [0.2, 0.25) is 0 Å². The summed E-state index contributed by atoms with van der Waals surface area (Å²) in [5, 5.41) is 6.91. The molecule has 4 nitrogen and oxygen atoms in total.